The van der Waals surface area contributed by atoms with Crippen LogP contribution in [-0.2, 0) is 13.6 Å². The summed E-state index contributed by atoms with van der Waals surface area (Å²) in [6, 6.07) is 4.20. The maximum atomic E-state index is 5.92. The number of halogens is 2. The Kier molecular flexibility index (Phi) is 4.09. The lowest BCUT2D eigenvalue weighted by Gasteiger charge is -2.11. The summed E-state index contributed by atoms with van der Waals surface area (Å²) >= 11 is 13.4. The van der Waals surface area contributed by atoms with Gasteiger partial charge in [0.05, 0.1) is 17.1 Å². The molecule has 0 fully saturated rings. The lowest BCUT2D eigenvalue weighted by atomic mass is 10.3. The van der Waals surface area contributed by atoms with Crippen LogP contribution in [0, 0.1) is 0 Å². The third-order valence-corrected chi connectivity index (χ3v) is 4.38. The monoisotopic (exact) mass is 289 g/mol. The van der Waals surface area contributed by atoms with Crippen molar-refractivity contribution in [2.75, 3.05) is 0 Å². The molecule has 2 aromatic rings. The summed E-state index contributed by atoms with van der Waals surface area (Å²) in [7, 11) is 1.90. The van der Waals surface area contributed by atoms with Gasteiger partial charge in [0, 0.05) is 18.0 Å². The minimum Gasteiger partial charge on any atom is -0.321 e. The molecule has 2 rings (SSSR count). The highest BCUT2D eigenvalue weighted by atomic mass is 35.5. The van der Waals surface area contributed by atoms with Crippen molar-refractivity contribution in [1.82, 2.24) is 14.9 Å². The Hall–Kier alpha value is -0.550. The van der Waals surface area contributed by atoms with Gasteiger partial charge in [-0.3, -0.25) is 0 Å². The molecular formula is C11H13Cl2N3S. The standard InChI is InChI=1S/C11H13Cl2N3S/c1-7(8-3-4-10(13)17-8)14-6-11-15-5-9(12)16(11)2/h3-5,7,14H,6H2,1-2H3. The summed E-state index contributed by atoms with van der Waals surface area (Å²) in [5.41, 5.74) is 0. The van der Waals surface area contributed by atoms with Crippen LogP contribution in [-0.4, -0.2) is 9.55 Å². The molecule has 0 saturated carbocycles. The first-order chi connectivity index (χ1) is 8.08. The van der Waals surface area contributed by atoms with E-state index < -0.39 is 0 Å². The molecule has 17 heavy (non-hydrogen) atoms. The number of aromatic nitrogens is 2. The summed E-state index contributed by atoms with van der Waals surface area (Å²) in [5.74, 6) is 0.921. The smallest absolute Gasteiger partial charge is 0.128 e. The van der Waals surface area contributed by atoms with E-state index in [-0.39, 0.29) is 6.04 Å². The van der Waals surface area contributed by atoms with Crippen molar-refractivity contribution in [3.8, 4) is 0 Å². The fraction of sp³-hybridized carbons (Fsp3) is 0.364. The minimum atomic E-state index is 0.253. The number of nitrogens with zero attached hydrogens (tertiary/aromatic N) is 2. The van der Waals surface area contributed by atoms with Crippen molar-refractivity contribution >= 4 is 34.5 Å². The molecule has 1 unspecified atom stereocenters. The molecule has 0 aromatic carbocycles. The van der Waals surface area contributed by atoms with E-state index in [1.54, 1.807) is 17.5 Å². The van der Waals surface area contributed by atoms with Crippen LogP contribution in [0.5, 0.6) is 0 Å². The largest absolute Gasteiger partial charge is 0.321 e. The molecule has 0 bridgehead atoms. The van der Waals surface area contributed by atoms with Gasteiger partial charge in [0.25, 0.3) is 0 Å². The van der Waals surface area contributed by atoms with Gasteiger partial charge in [0.15, 0.2) is 0 Å². The van der Waals surface area contributed by atoms with Crippen molar-refractivity contribution < 1.29 is 0 Å². The van der Waals surface area contributed by atoms with E-state index in [1.165, 1.54) is 4.88 Å². The van der Waals surface area contributed by atoms with E-state index in [4.69, 9.17) is 23.2 Å². The minimum absolute atomic E-state index is 0.253. The number of imidazole rings is 1. The normalized spacial score (nSPS) is 12.9. The van der Waals surface area contributed by atoms with E-state index in [9.17, 15) is 0 Å². The molecule has 0 amide bonds. The third-order valence-electron chi connectivity index (χ3n) is 2.61. The maximum absolute atomic E-state index is 5.92. The highest BCUT2D eigenvalue weighted by Crippen LogP contribution is 2.26. The van der Waals surface area contributed by atoms with Crippen molar-refractivity contribution in [1.29, 1.82) is 0 Å². The predicted octanol–water partition coefficient (Wildman–Crippen LogP) is 3.64. The zero-order chi connectivity index (χ0) is 12.4. The second-order valence-corrected chi connectivity index (χ2v) is 5.93. The van der Waals surface area contributed by atoms with E-state index in [2.05, 4.69) is 17.2 Å². The molecule has 2 aromatic heterocycles. The Labute approximate surface area is 114 Å². The molecular weight excluding hydrogens is 277 g/mol. The molecule has 6 heteroatoms. The molecule has 92 valence electrons. The molecule has 0 saturated heterocycles. The van der Waals surface area contributed by atoms with Gasteiger partial charge in [-0.15, -0.1) is 11.3 Å². The van der Waals surface area contributed by atoms with E-state index in [0.717, 1.165) is 10.2 Å². The summed E-state index contributed by atoms with van der Waals surface area (Å²) in [6.45, 7) is 2.78. The molecule has 0 aliphatic heterocycles. The molecule has 0 spiro atoms. The van der Waals surface area contributed by atoms with E-state index in [0.29, 0.717) is 11.7 Å². The van der Waals surface area contributed by atoms with Crippen LogP contribution in [0.2, 0.25) is 9.49 Å². The molecule has 0 radical (unpaired) electrons. The zero-order valence-corrected chi connectivity index (χ0v) is 11.9. The predicted molar refractivity (Wildman–Crippen MR) is 72.8 cm³/mol. The Morgan fingerprint density at radius 3 is 2.76 bits per heavy atom. The van der Waals surface area contributed by atoms with Crippen LogP contribution in [0.4, 0.5) is 0 Å². The first-order valence-corrected chi connectivity index (χ1v) is 6.80. The number of thiophene rings is 1. The number of nitrogens with one attached hydrogen (secondary N) is 1. The highest BCUT2D eigenvalue weighted by Gasteiger charge is 2.10. The molecule has 3 nitrogen and oxygen atoms in total. The topological polar surface area (TPSA) is 29.9 Å². The zero-order valence-electron chi connectivity index (χ0n) is 9.58. The van der Waals surface area contributed by atoms with Crippen LogP contribution in [0.25, 0.3) is 0 Å². The third kappa shape index (κ3) is 3.01. The van der Waals surface area contributed by atoms with Gasteiger partial charge in [0.2, 0.25) is 0 Å². The van der Waals surface area contributed by atoms with Gasteiger partial charge in [-0.2, -0.15) is 0 Å². The first kappa shape index (κ1) is 12.9. The van der Waals surface area contributed by atoms with Crippen LogP contribution in [0.1, 0.15) is 23.7 Å². The van der Waals surface area contributed by atoms with Crippen molar-refractivity contribution in [2.45, 2.75) is 19.5 Å². The van der Waals surface area contributed by atoms with Crippen LogP contribution in [0.15, 0.2) is 18.3 Å². The summed E-state index contributed by atoms with van der Waals surface area (Å²) < 4.78 is 2.68. The van der Waals surface area contributed by atoms with Gasteiger partial charge in [-0.05, 0) is 19.1 Å². The fourth-order valence-electron chi connectivity index (χ4n) is 1.49. The number of hydrogen-bond donors (Lipinski definition) is 1. The highest BCUT2D eigenvalue weighted by molar-refractivity contribution is 7.16. The number of rotatable bonds is 4. The van der Waals surface area contributed by atoms with Gasteiger partial charge in [-0.25, -0.2) is 4.98 Å². The van der Waals surface area contributed by atoms with Crippen LogP contribution in [0.3, 0.4) is 0 Å². The van der Waals surface area contributed by atoms with E-state index >= 15 is 0 Å². The van der Waals surface area contributed by atoms with E-state index in [1.807, 2.05) is 23.7 Å². The Balaban J connectivity index is 1.96. The van der Waals surface area contributed by atoms with Gasteiger partial charge in [0.1, 0.15) is 11.0 Å². The maximum Gasteiger partial charge on any atom is 0.128 e. The molecule has 1 atom stereocenters. The van der Waals surface area contributed by atoms with Crippen molar-refractivity contribution in [2.24, 2.45) is 7.05 Å². The van der Waals surface area contributed by atoms with Crippen LogP contribution >= 0.6 is 34.5 Å². The SMILES string of the molecule is CC(NCc1ncc(Cl)n1C)c1ccc(Cl)s1. The van der Waals surface area contributed by atoms with Gasteiger partial charge >= 0.3 is 0 Å². The van der Waals surface area contributed by atoms with Crippen molar-refractivity contribution in [3.05, 3.63) is 38.5 Å². The lowest BCUT2D eigenvalue weighted by molar-refractivity contribution is 0.556. The fourth-order valence-corrected chi connectivity index (χ4v) is 2.73. The number of hydrogen-bond acceptors (Lipinski definition) is 3. The average molecular weight is 290 g/mol. The second-order valence-electron chi connectivity index (χ2n) is 3.80. The first-order valence-electron chi connectivity index (χ1n) is 5.22. The summed E-state index contributed by atoms with van der Waals surface area (Å²) in [4.78, 5) is 5.45. The van der Waals surface area contributed by atoms with Crippen molar-refractivity contribution in [3.63, 3.8) is 0 Å². The second kappa shape index (κ2) is 5.40. The average Bonchev–Trinajstić information content (AvgIpc) is 2.86. The Morgan fingerprint density at radius 1 is 1.47 bits per heavy atom. The van der Waals surface area contributed by atoms with Crippen LogP contribution < -0.4 is 5.32 Å². The Bertz CT molecular complexity index is 507. The Morgan fingerprint density at radius 2 is 2.24 bits per heavy atom. The summed E-state index contributed by atoms with van der Waals surface area (Å²) in [6.07, 6.45) is 1.66. The molecule has 2 heterocycles. The van der Waals surface area contributed by atoms with Gasteiger partial charge in [-0.1, -0.05) is 23.2 Å². The molecule has 1 N–H and O–H groups in total. The summed E-state index contributed by atoms with van der Waals surface area (Å²) in [5, 5.41) is 4.04. The quantitative estimate of drug-likeness (QED) is 0.931. The van der Waals surface area contributed by atoms with Gasteiger partial charge < -0.3 is 9.88 Å². The lowest BCUT2D eigenvalue weighted by Crippen LogP contribution is -2.19. The molecule has 0 aliphatic rings. The molecule has 0 aliphatic carbocycles.